The number of rotatable bonds is 5. The summed E-state index contributed by atoms with van der Waals surface area (Å²) in [5, 5.41) is 2.78. The summed E-state index contributed by atoms with van der Waals surface area (Å²) >= 11 is 0. The summed E-state index contributed by atoms with van der Waals surface area (Å²) in [5.41, 5.74) is 4.38. The third-order valence-corrected chi connectivity index (χ3v) is 5.93. The van der Waals surface area contributed by atoms with Crippen molar-refractivity contribution >= 4 is 27.3 Å². The molecule has 0 spiro atoms. The SMILES string of the molecule is Cc1ccc(NC(=O)c2cccc(S(=O)(=O)Nc3cccc(C)c3C)c2)cc1. The van der Waals surface area contributed by atoms with Crippen LogP contribution in [0.5, 0.6) is 0 Å². The highest BCUT2D eigenvalue weighted by Gasteiger charge is 2.18. The highest BCUT2D eigenvalue weighted by Crippen LogP contribution is 2.22. The molecule has 0 fully saturated rings. The number of amides is 1. The molecule has 5 nitrogen and oxygen atoms in total. The molecule has 0 aliphatic carbocycles. The zero-order chi connectivity index (χ0) is 20.3. The molecule has 28 heavy (non-hydrogen) atoms. The largest absolute Gasteiger partial charge is 0.322 e. The third kappa shape index (κ3) is 4.40. The van der Waals surface area contributed by atoms with Crippen LogP contribution < -0.4 is 10.0 Å². The summed E-state index contributed by atoms with van der Waals surface area (Å²) in [7, 11) is -3.82. The maximum atomic E-state index is 12.8. The Hall–Kier alpha value is -3.12. The molecule has 3 rings (SSSR count). The average Bonchev–Trinajstić information content (AvgIpc) is 2.67. The first-order valence-electron chi connectivity index (χ1n) is 8.83. The summed E-state index contributed by atoms with van der Waals surface area (Å²) in [5.74, 6) is -0.368. The molecule has 0 aliphatic heterocycles. The Bertz CT molecular complexity index is 1120. The standard InChI is InChI=1S/C22H22N2O3S/c1-15-10-12-19(13-11-15)23-22(25)18-7-5-8-20(14-18)28(26,27)24-21-9-4-6-16(2)17(21)3/h4-14,24H,1-3H3,(H,23,25). The molecule has 0 heterocycles. The number of benzene rings is 3. The number of carbonyl (C=O) groups is 1. The molecular formula is C22H22N2O3S. The van der Waals surface area contributed by atoms with E-state index < -0.39 is 10.0 Å². The van der Waals surface area contributed by atoms with Crippen molar-refractivity contribution < 1.29 is 13.2 Å². The predicted molar refractivity (Wildman–Crippen MR) is 112 cm³/mol. The third-order valence-electron chi connectivity index (χ3n) is 4.56. The number of sulfonamides is 1. The van der Waals surface area contributed by atoms with Crippen molar-refractivity contribution in [2.45, 2.75) is 25.7 Å². The smallest absolute Gasteiger partial charge is 0.261 e. The quantitative estimate of drug-likeness (QED) is 0.661. The van der Waals surface area contributed by atoms with Gasteiger partial charge < -0.3 is 5.32 Å². The van der Waals surface area contributed by atoms with Crippen LogP contribution >= 0.6 is 0 Å². The van der Waals surface area contributed by atoms with Gasteiger partial charge in [0.05, 0.1) is 10.6 Å². The van der Waals surface area contributed by atoms with Gasteiger partial charge in [0.15, 0.2) is 0 Å². The maximum Gasteiger partial charge on any atom is 0.261 e. The summed E-state index contributed by atoms with van der Waals surface area (Å²) in [4.78, 5) is 12.5. The Morgan fingerprint density at radius 3 is 2.25 bits per heavy atom. The summed E-state index contributed by atoms with van der Waals surface area (Å²) in [6.45, 7) is 5.74. The van der Waals surface area contributed by atoms with Crippen molar-refractivity contribution in [3.8, 4) is 0 Å². The van der Waals surface area contributed by atoms with Crippen LogP contribution in [0.15, 0.2) is 71.6 Å². The first kappa shape index (κ1) is 19.6. The van der Waals surface area contributed by atoms with Gasteiger partial charge >= 0.3 is 0 Å². The fraction of sp³-hybridized carbons (Fsp3) is 0.136. The number of anilines is 2. The van der Waals surface area contributed by atoms with Crippen LogP contribution in [-0.2, 0) is 10.0 Å². The Kier molecular flexibility index (Phi) is 5.51. The second-order valence-electron chi connectivity index (χ2n) is 6.70. The van der Waals surface area contributed by atoms with E-state index in [1.807, 2.05) is 39.0 Å². The molecule has 3 aromatic carbocycles. The average molecular weight is 394 g/mol. The van der Waals surface area contributed by atoms with E-state index in [4.69, 9.17) is 0 Å². The van der Waals surface area contributed by atoms with Gasteiger partial charge in [0.2, 0.25) is 0 Å². The van der Waals surface area contributed by atoms with Gasteiger partial charge in [0.25, 0.3) is 15.9 Å². The summed E-state index contributed by atoms with van der Waals surface area (Å²) < 4.78 is 28.2. The molecule has 0 aliphatic rings. The fourth-order valence-electron chi connectivity index (χ4n) is 2.71. The van der Waals surface area contributed by atoms with Gasteiger partial charge in [0, 0.05) is 11.3 Å². The van der Waals surface area contributed by atoms with Crippen LogP contribution in [0.3, 0.4) is 0 Å². The van der Waals surface area contributed by atoms with Crippen LogP contribution in [0.1, 0.15) is 27.0 Å². The molecule has 0 aromatic heterocycles. The lowest BCUT2D eigenvalue weighted by molar-refractivity contribution is 0.102. The van der Waals surface area contributed by atoms with Gasteiger partial charge in [0.1, 0.15) is 0 Å². The molecular weight excluding hydrogens is 372 g/mol. The first-order valence-corrected chi connectivity index (χ1v) is 10.3. The van der Waals surface area contributed by atoms with Crippen LogP contribution in [0.25, 0.3) is 0 Å². The predicted octanol–water partition coefficient (Wildman–Crippen LogP) is 4.66. The summed E-state index contributed by atoms with van der Waals surface area (Å²) in [6.07, 6.45) is 0. The number of aryl methyl sites for hydroxylation is 2. The van der Waals surface area contributed by atoms with E-state index in [1.54, 1.807) is 36.4 Å². The van der Waals surface area contributed by atoms with Crippen molar-refractivity contribution in [3.63, 3.8) is 0 Å². The zero-order valence-corrected chi connectivity index (χ0v) is 16.8. The summed E-state index contributed by atoms with van der Waals surface area (Å²) in [6, 6.07) is 18.8. The van der Waals surface area contributed by atoms with Crippen molar-refractivity contribution in [1.82, 2.24) is 0 Å². The van der Waals surface area contributed by atoms with Gasteiger partial charge in [-0.2, -0.15) is 0 Å². The lowest BCUT2D eigenvalue weighted by Gasteiger charge is -2.13. The van der Waals surface area contributed by atoms with E-state index in [2.05, 4.69) is 10.0 Å². The molecule has 0 radical (unpaired) electrons. The molecule has 144 valence electrons. The normalized spacial score (nSPS) is 11.1. The van der Waals surface area contributed by atoms with Gasteiger partial charge in [-0.25, -0.2) is 8.42 Å². The lowest BCUT2D eigenvalue weighted by atomic mass is 10.1. The van der Waals surface area contributed by atoms with Gasteiger partial charge in [-0.1, -0.05) is 35.9 Å². The second-order valence-corrected chi connectivity index (χ2v) is 8.38. The molecule has 6 heteroatoms. The Labute approximate surface area is 165 Å². The minimum absolute atomic E-state index is 0.0324. The van der Waals surface area contributed by atoms with E-state index in [9.17, 15) is 13.2 Å². The van der Waals surface area contributed by atoms with E-state index in [0.717, 1.165) is 16.7 Å². The number of carbonyl (C=O) groups excluding carboxylic acids is 1. The molecule has 1 amide bonds. The molecule has 0 saturated carbocycles. The zero-order valence-electron chi connectivity index (χ0n) is 16.0. The molecule has 0 saturated heterocycles. The van der Waals surface area contributed by atoms with Gasteiger partial charge in [-0.05, 0) is 68.3 Å². The number of hydrogen-bond acceptors (Lipinski definition) is 3. The fourth-order valence-corrected chi connectivity index (χ4v) is 3.88. The van der Waals surface area contributed by atoms with Crippen LogP contribution in [-0.4, -0.2) is 14.3 Å². The molecule has 3 aromatic rings. The Morgan fingerprint density at radius 1 is 0.857 bits per heavy atom. The number of hydrogen-bond donors (Lipinski definition) is 2. The molecule has 0 unspecified atom stereocenters. The Morgan fingerprint density at radius 2 is 1.54 bits per heavy atom. The molecule has 0 bridgehead atoms. The monoisotopic (exact) mass is 394 g/mol. The van der Waals surface area contributed by atoms with Crippen LogP contribution in [0, 0.1) is 20.8 Å². The van der Waals surface area contributed by atoms with E-state index in [1.165, 1.54) is 12.1 Å². The van der Waals surface area contributed by atoms with Crippen molar-refractivity contribution in [2.24, 2.45) is 0 Å². The highest BCUT2D eigenvalue weighted by atomic mass is 32.2. The van der Waals surface area contributed by atoms with Crippen molar-refractivity contribution in [3.05, 3.63) is 89.0 Å². The van der Waals surface area contributed by atoms with Crippen LogP contribution in [0.4, 0.5) is 11.4 Å². The first-order chi connectivity index (χ1) is 13.3. The van der Waals surface area contributed by atoms with E-state index in [0.29, 0.717) is 11.4 Å². The number of nitrogens with one attached hydrogen (secondary N) is 2. The molecule has 0 atom stereocenters. The van der Waals surface area contributed by atoms with E-state index >= 15 is 0 Å². The highest BCUT2D eigenvalue weighted by molar-refractivity contribution is 7.92. The minimum Gasteiger partial charge on any atom is -0.322 e. The minimum atomic E-state index is -3.82. The maximum absolute atomic E-state index is 12.8. The second kappa shape index (κ2) is 7.86. The Balaban J connectivity index is 1.84. The van der Waals surface area contributed by atoms with Crippen molar-refractivity contribution in [1.29, 1.82) is 0 Å². The lowest BCUT2D eigenvalue weighted by Crippen LogP contribution is -2.16. The topological polar surface area (TPSA) is 75.3 Å². The van der Waals surface area contributed by atoms with E-state index in [-0.39, 0.29) is 16.4 Å². The van der Waals surface area contributed by atoms with Gasteiger partial charge in [-0.15, -0.1) is 0 Å². The van der Waals surface area contributed by atoms with Crippen molar-refractivity contribution in [2.75, 3.05) is 10.0 Å². The van der Waals surface area contributed by atoms with Gasteiger partial charge in [-0.3, -0.25) is 9.52 Å². The molecule has 2 N–H and O–H groups in total. The van der Waals surface area contributed by atoms with Crippen LogP contribution in [0.2, 0.25) is 0 Å².